The highest BCUT2D eigenvalue weighted by Gasteiger charge is 2.26. The summed E-state index contributed by atoms with van der Waals surface area (Å²) in [5, 5.41) is 0. The summed E-state index contributed by atoms with van der Waals surface area (Å²) in [6.07, 6.45) is 9.48. The van der Waals surface area contributed by atoms with Crippen molar-refractivity contribution in [3.8, 4) is 0 Å². The van der Waals surface area contributed by atoms with Gasteiger partial charge in [0.1, 0.15) is 5.92 Å². The van der Waals surface area contributed by atoms with Crippen molar-refractivity contribution in [2.24, 2.45) is 15.9 Å². The van der Waals surface area contributed by atoms with Crippen LogP contribution in [0.4, 0.5) is 0 Å². The Morgan fingerprint density at radius 2 is 1.89 bits per heavy atom. The fraction of sp³-hybridized carbons (Fsp3) is 0.133. The number of benzene rings is 1. The van der Waals surface area contributed by atoms with Crippen molar-refractivity contribution in [2.75, 3.05) is 6.26 Å². The molecule has 0 radical (unpaired) electrons. The number of aliphatic imine (C=N–C) groups is 2. The van der Waals surface area contributed by atoms with Gasteiger partial charge in [-0.25, -0.2) is 4.99 Å². The largest absolute Gasteiger partial charge is 0.271 e. The minimum Gasteiger partial charge on any atom is -0.271 e. The predicted octanol–water partition coefficient (Wildman–Crippen LogP) is 2.88. The van der Waals surface area contributed by atoms with Crippen LogP contribution in [0.1, 0.15) is 5.56 Å². The molecule has 2 aliphatic rings. The Hall–Kier alpha value is -1.94. The molecule has 0 aromatic heterocycles. The third kappa shape index (κ3) is 2.31. The smallest absolute Gasteiger partial charge is 0.260 e. The van der Waals surface area contributed by atoms with Crippen LogP contribution in [0.25, 0.3) is 0 Å². The average molecular weight is 268 g/mol. The summed E-state index contributed by atoms with van der Waals surface area (Å²) < 4.78 is 0. The monoisotopic (exact) mass is 268 g/mol. The zero-order valence-corrected chi connectivity index (χ0v) is 11.2. The van der Waals surface area contributed by atoms with E-state index in [1.165, 1.54) is 4.90 Å². The topological polar surface area (TPSA) is 41.8 Å². The van der Waals surface area contributed by atoms with E-state index in [2.05, 4.69) is 9.98 Å². The molecule has 4 heteroatoms. The standard InChI is InChI=1S/C15H12N2OS/c1-19-11-8-6-10(7-9-11)14-16-13-5-3-2-4-12(13)15(18)17-14/h2-9,12H,1H3. The third-order valence-electron chi connectivity index (χ3n) is 3.07. The predicted molar refractivity (Wildman–Crippen MR) is 79.0 cm³/mol. The van der Waals surface area contributed by atoms with E-state index in [-0.39, 0.29) is 11.8 Å². The van der Waals surface area contributed by atoms with Gasteiger partial charge < -0.3 is 0 Å². The molecular weight excluding hydrogens is 256 g/mol. The molecule has 19 heavy (non-hydrogen) atoms. The lowest BCUT2D eigenvalue weighted by Crippen LogP contribution is -2.27. The molecule has 1 aromatic rings. The summed E-state index contributed by atoms with van der Waals surface area (Å²) in [6, 6.07) is 7.92. The molecule has 94 valence electrons. The molecule has 3 nitrogen and oxygen atoms in total. The number of fused-ring (bicyclic) bond motifs is 1. The van der Waals surface area contributed by atoms with Crippen LogP contribution in [-0.2, 0) is 4.79 Å². The van der Waals surface area contributed by atoms with Crippen LogP contribution in [0.2, 0.25) is 0 Å². The number of nitrogens with zero attached hydrogens (tertiary/aromatic N) is 2. The van der Waals surface area contributed by atoms with Crippen molar-refractivity contribution < 1.29 is 4.79 Å². The van der Waals surface area contributed by atoms with Crippen LogP contribution < -0.4 is 0 Å². The fourth-order valence-corrected chi connectivity index (χ4v) is 2.45. The summed E-state index contributed by atoms with van der Waals surface area (Å²) in [5.41, 5.74) is 1.64. The van der Waals surface area contributed by atoms with Gasteiger partial charge in [0.25, 0.3) is 5.91 Å². The Balaban J connectivity index is 1.97. The molecule has 1 aliphatic heterocycles. The first-order valence-corrected chi connectivity index (χ1v) is 7.21. The summed E-state index contributed by atoms with van der Waals surface area (Å²) in [5.74, 6) is 0.0533. The maximum absolute atomic E-state index is 12.0. The van der Waals surface area contributed by atoms with E-state index in [0.717, 1.165) is 11.3 Å². The van der Waals surface area contributed by atoms with E-state index in [9.17, 15) is 4.79 Å². The lowest BCUT2D eigenvalue weighted by Gasteiger charge is -2.17. The number of carbonyl (C=O) groups is 1. The minimum absolute atomic E-state index is 0.144. The highest BCUT2D eigenvalue weighted by atomic mass is 32.2. The quantitative estimate of drug-likeness (QED) is 0.774. The van der Waals surface area contributed by atoms with Crippen LogP contribution in [0.15, 0.2) is 63.4 Å². The number of thioether (sulfide) groups is 1. The summed E-state index contributed by atoms with van der Waals surface area (Å²) in [7, 11) is 0. The first-order valence-electron chi connectivity index (χ1n) is 5.98. The van der Waals surface area contributed by atoms with Crippen LogP contribution in [0.3, 0.4) is 0 Å². The maximum Gasteiger partial charge on any atom is 0.260 e. The normalized spacial score (nSPS) is 20.9. The molecule has 3 rings (SSSR count). The number of hydrogen-bond acceptors (Lipinski definition) is 3. The van der Waals surface area contributed by atoms with Crippen LogP contribution in [-0.4, -0.2) is 23.7 Å². The van der Waals surface area contributed by atoms with E-state index in [4.69, 9.17) is 0 Å². The SMILES string of the molecule is CSc1ccc(C2=NC(=O)C3C=CC=CC3=N2)cc1. The van der Waals surface area contributed by atoms with Crippen LogP contribution in [0, 0.1) is 5.92 Å². The molecule has 1 unspecified atom stereocenters. The molecule has 1 heterocycles. The van der Waals surface area contributed by atoms with Crippen LogP contribution >= 0.6 is 11.8 Å². The number of allylic oxidation sites excluding steroid dienone is 3. The summed E-state index contributed by atoms with van der Waals surface area (Å²) in [4.78, 5) is 21.7. The Labute approximate surface area is 115 Å². The lowest BCUT2D eigenvalue weighted by molar-refractivity contribution is -0.118. The molecule has 1 atom stereocenters. The molecule has 0 saturated carbocycles. The van der Waals surface area contributed by atoms with Gasteiger partial charge in [0.15, 0.2) is 5.84 Å². The number of carbonyl (C=O) groups excluding carboxylic acids is 1. The summed E-state index contributed by atoms with van der Waals surface area (Å²) in [6.45, 7) is 0. The molecule has 0 saturated heterocycles. The van der Waals surface area contributed by atoms with Gasteiger partial charge >= 0.3 is 0 Å². The number of amides is 1. The van der Waals surface area contributed by atoms with E-state index >= 15 is 0 Å². The first kappa shape index (κ1) is 12.1. The lowest BCUT2D eigenvalue weighted by atomic mass is 9.96. The van der Waals surface area contributed by atoms with Crippen molar-refractivity contribution >= 4 is 29.2 Å². The third-order valence-corrected chi connectivity index (χ3v) is 3.81. The van der Waals surface area contributed by atoms with Gasteiger partial charge in [-0.3, -0.25) is 4.79 Å². The van der Waals surface area contributed by atoms with Crippen molar-refractivity contribution in [1.82, 2.24) is 0 Å². The summed E-state index contributed by atoms with van der Waals surface area (Å²) >= 11 is 1.68. The van der Waals surface area contributed by atoms with Crippen molar-refractivity contribution in [3.05, 3.63) is 54.1 Å². The Kier molecular flexibility index (Phi) is 3.17. The van der Waals surface area contributed by atoms with Gasteiger partial charge in [0.05, 0.1) is 5.71 Å². The second kappa shape index (κ2) is 4.97. The molecule has 0 spiro atoms. The first-order chi connectivity index (χ1) is 9.28. The van der Waals surface area contributed by atoms with Gasteiger partial charge in [-0.05, 0) is 24.5 Å². The van der Waals surface area contributed by atoms with E-state index in [0.29, 0.717) is 5.84 Å². The van der Waals surface area contributed by atoms with Gasteiger partial charge in [0, 0.05) is 10.5 Å². The molecular formula is C15H12N2OS. The van der Waals surface area contributed by atoms with E-state index in [1.807, 2.05) is 54.8 Å². The molecule has 0 fully saturated rings. The Morgan fingerprint density at radius 1 is 1.11 bits per heavy atom. The van der Waals surface area contributed by atoms with Crippen LogP contribution in [0.5, 0.6) is 0 Å². The Morgan fingerprint density at radius 3 is 2.63 bits per heavy atom. The minimum atomic E-state index is -0.306. The van der Waals surface area contributed by atoms with Gasteiger partial charge in [-0.2, -0.15) is 4.99 Å². The van der Waals surface area contributed by atoms with Gasteiger partial charge in [0.2, 0.25) is 0 Å². The number of hydrogen-bond donors (Lipinski definition) is 0. The zero-order valence-electron chi connectivity index (χ0n) is 10.4. The van der Waals surface area contributed by atoms with Crippen molar-refractivity contribution in [2.45, 2.75) is 4.90 Å². The van der Waals surface area contributed by atoms with Crippen molar-refractivity contribution in [1.29, 1.82) is 0 Å². The highest BCUT2D eigenvalue weighted by molar-refractivity contribution is 7.98. The fourth-order valence-electron chi connectivity index (χ4n) is 2.04. The molecule has 0 N–H and O–H groups in total. The maximum atomic E-state index is 12.0. The zero-order chi connectivity index (χ0) is 13.2. The van der Waals surface area contributed by atoms with Gasteiger partial charge in [-0.15, -0.1) is 11.8 Å². The van der Waals surface area contributed by atoms with Crippen molar-refractivity contribution in [3.63, 3.8) is 0 Å². The number of rotatable bonds is 2. The molecule has 1 aromatic carbocycles. The van der Waals surface area contributed by atoms with E-state index in [1.54, 1.807) is 11.8 Å². The second-order valence-corrected chi connectivity index (χ2v) is 5.14. The number of amidine groups is 1. The molecule has 1 aliphatic carbocycles. The molecule has 1 amide bonds. The van der Waals surface area contributed by atoms with Gasteiger partial charge in [-0.1, -0.05) is 30.4 Å². The Bertz CT molecular complexity index is 639. The average Bonchev–Trinajstić information content (AvgIpc) is 2.47. The van der Waals surface area contributed by atoms with E-state index < -0.39 is 0 Å². The molecule has 0 bridgehead atoms. The highest BCUT2D eigenvalue weighted by Crippen LogP contribution is 2.20. The second-order valence-electron chi connectivity index (χ2n) is 4.26.